The molecule has 1 aliphatic heterocycles. The number of carbonyl (C=O) groups excluding carboxylic acids is 1. The lowest BCUT2D eigenvalue weighted by atomic mass is 10.0. The minimum Gasteiger partial charge on any atom is -0.462 e. The molecule has 2 aliphatic rings. The van der Waals surface area contributed by atoms with Gasteiger partial charge in [0.2, 0.25) is 0 Å². The summed E-state index contributed by atoms with van der Waals surface area (Å²) in [6.07, 6.45) is 8.10. The molecular weight excluding hydrogens is 372 g/mol. The Morgan fingerprint density at radius 2 is 2.07 bits per heavy atom. The van der Waals surface area contributed by atoms with Crippen molar-refractivity contribution in [3.63, 3.8) is 0 Å². The summed E-state index contributed by atoms with van der Waals surface area (Å²) in [6, 6.07) is 2.67. The second-order valence-corrected chi connectivity index (χ2v) is 8.61. The van der Waals surface area contributed by atoms with Crippen molar-refractivity contribution < 1.29 is 9.53 Å². The SMILES string of the molecule is CN=C(NCCCC(=O)OC1CCCC1)NC1CCN(Cc2ccsc2)CC1. The molecule has 2 fully saturated rings. The third-order valence-corrected chi connectivity index (χ3v) is 6.32. The Hall–Kier alpha value is -1.60. The highest BCUT2D eigenvalue weighted by Crippen LogP contribution is 2.21. The Labute approximate surface area is 172 Å². The molecule has 2 heterocycles. The standard InChI is InChI=1S/C21H34N4O2S/c1-22-21(23-11-4-7-20(26)27-19-5-2-3-6-19)24-18-8-12-25(13-9-18)15-17-10-14-28-16-17/h10,14,16,18-19H,2-9,11-13,15H2,1H3,(H2,22,23,24). The normalized spacial score (nSPS) is 19.7. The van der Waals surface area contributed by atoms with Crippen LogP contribution in [0, 0.1) is 0 Å². The fourth-order valence-corrected chi connectivity index (χ4v) is 4.61. The van der Waals surface area contributed by atoms with E-state index in [0.717, 1.165) is 64.2 Å². The predicted octanol–water partition coefficient (Wildman–Crippen LogP) is 3.14. The Kier molecular flexibility index (Phi) is 8.61. The molecule has 1 saturated carbocycles. The average Bonchev–Trinajstić information content (AvgIpc) is 3.40. The van der Waals surface area contributed by atoms with Crippen molar-refractivity contribution in [2.75, 3.05) is 26.7 Å². The second kappa shape index (κ2) is 11.4. The van der Waals surface area contributed by atoms with Crippen LogP contribution in [0.1, 0.15) is 56.9 Å². The number of rotatable bonds is 8. The smallest absolute Gasteiger partial charge is 0.306 e. The molecule has 0 amide bonds. The second-order valence-electron chi connectivity index (χ2n) is 7.83. The molecule has 0 bridgehead atoms. The van der Waals surface area contributed by atoms with Gasteiger partial charge < -0.3 is 15.4 Å². The zero-order valence-corrected chi connectivity index (χ0v) is 17.8. The lowest BCUT2D eigenvalue weighted by Crippen LogP contribution is -2.48. The van der Waals surface area contributed by atoms with Gasteiger partial charge in [0.15, 0.2) is 5.96 Å². The number of guanidine groups is 1. The number of hydrogen-bond acceptors (Lipinski definition) is 5. The molecule has 7 heteroatoms. The molecule has 0 aromatic carbocycles. The maximum atomic E-state index is 11.9. The third kappa shape index (κ3) is 7.09. The molecule has 156 valence electrons. The van der Waals surface area contributed by atoms with Gasteiger partial charge in [-0.05, 0) is 67.3 Å². The van der Waals surface area contributed by atoms with Crippen LogP contribution in [0.5, 0.6) is 0 Å². The number of carbonyl (C=O) groups is 1. The summed E-state index contributed by atoms with van der Waals surface area (Å²) in [7, 11) is 1.80. The molecule has 0 spiro atoms. The highest BCUT2D eigenvalue weighted by atomic mass is 32.1. The maximum absolute atomic E-state index is 11.9. The van der Waals surface area contributed by atoms with Gasteiger partial charge in [0.05, 0.1) is 0 Å². The summed E-state index contributed by atoms with van der Waals surface area (Å²) in [5.74, 6) is 0.773. The van der Waals surface area contributed by atoms with Gasteiger partial charge in [-0.3, -0.25) is 14.7 Å². The number of nitrogens with zero attached hydrogens (tertiary/aromatic N) is 2. The van der Waals surface area contributed by atoms with E-state index in [1.54, 1.807) is 18.4 Å². The third-order valence-electron chi connectivity index (χ3n) is 5.59. The van der Waals surface area contributed by atoms with Gasteiger partial charge in [-0.15, -0.1) is 0 Å². The highest BCUT2D eigenvalue weighted by molar-refractivity contribution is 7.07. The topological polar surface area (TPSA) is 66.0 Å². The van der Waals surface area contributed by atoms with E-state index >= 15 is 0 Å². The molecule has 3 rings (SSSR count). The maximum Gasteiger partial charge on any atom is 0.306 e. The summed E-state index contributed by atoms with van der Waals surface area (Å²) in [5.41, 5.74) is 1.42. The fourth-order valence-electron chi connectivity index (χ4n) is 3.95. The number of piperidine rings is 1. The summed E-state index contributed by atoms with van der Waals surface area (Å²) in [4.78, 5) is 18.7. The average molecular weight is 407 g/mol. The Balaban J connectivity index is 1.27. The van der Waals surface area contributed by atoms with Gasteiger partial charge in [-0.2, -0.15) is 11.3 Å². The molecular formula is C21H34N4O2S. The van der Waals surface area contributed by atoms with Gasteiger partial charge in [0.25, 0.3) is 0 Å². The van der Waals surface area contributed by atoms with Crippen molar-refractivity contribution in [1.29, 1.82) is 0 Å². The first-order valence-corrected chi connectivity index (χ1v) is 11.6. The molecule has 0 atom stereocenters. The molecule has 6 nitrogen and oxygen atoms in total. The summed E-state index contributed by atoms with van der Waals surface area (Å²) < 4.78 is 5.50. The largest absolute Gasteiger partial charge is 0.462 e. The first-order chi connectivity index (χ1) is 13.7. The summed E-state index contributed by atoms with van der Waals surface area (Å²) >= 11 is 1.77. The highest BCUT2D eigenvalue weighted by Gasteiger charge is 2.21. The molecule has 1 aromatic rings. The van der Waals surface area contributed by atoms with E-state index in [9.17, 15) is 4.79 Å². The first-order valence-electron chi connectivity index (χ1n) is 10.6. The number of likely N-dealkylation sites (tertiary alicyclic amines) is 1. The minimum absolute atomic E-state index is 0.0605. The van der Waals surface area contributed by atoms with Crippen LogP contribution < -0.4 is 10.6 Å². The van der Waals surface area contributed by atoms with Crippen molar-refractivity contribution >= 4 is 23.3 Å². The molecule has 1 saturated heterocycles. The fraction of sp³-hybridized carbons (Fsp3) is 0.714. The van der Waals surface area contributed by atoms with Gasteiger partial charge in [0, 0.05) is 45.7 Å². The number of hydrogen-bond donors (Lipinski definition) is 2. The lowest BCUT2D eigenvalue weighted by Gasteiger charge is -2.32. The molecule has 0 unspecified atom stereocenters. The summed E-state index contributed by atoms with van der Waals surface area (Å²) in [5, 5.41) is 11.2. The van der Waals surface area contributed by atoms with Crippen molar-refractivity contribution in [2.45, 2.75) is 70.1 Å². The van der Waals surface area contributed by atoms with Crippen LogP contribution in [0.25, 0.3) is 0 Å². The number of ether oxygens (including phenoxy) is 1. The minimum atomic E-state index is -0.0605. The Morgan fingerprint density at radius 3 is 2.75 bits per heavy atom. The van der Waals surface area contributed by atoms with E-state index in [1.807, 2.05) is 0 Å². The Bertz CT molecular complexity index is 606. The Morgan fingerprint density at radius 1 is 1.29 bits per heavy atom. The van der Waals surface area contributed by atoms with Crippen LogP contribution in [-0.2, 0) is 16.1 Å². The number of aliphatic imine (C=N–C) groups is 1. The van der Waals surface area contributed by atoms with Crippen molar-refractivity contribution in [3.05, 3.63) is 22.4 Å². The van der Waals surface area contributed by atoms with E-state index in [0.29, 0.717) is 12.5 Å². The monoisotopic (exact) mass is 406 g/mol. The molecule has 28 heavy (non-hydrogen) atoms. The zero-order chi connectivity index (χ0) is 19.6. The molecule has 1 aromatic heterocycles. The van der Waals surface area contributed by atoms with Crippen molar-refractivity contribution in [2.24, 2.45) is 4.99 Å². The van der Waals surface area contributed by atoms with Crippen LogP contribution in [-0.4, -0.2) is 55.7 Å². The van der Waals surface area contributed by atoms with Crippen molar-refractivity contribution in [1.82, 2.24) is 15.5 Å². The van der Waals surface area contributed by atoms with E-state index < -0.39 is 0 Å². The lowest BCUT2D eigenvalue weighted by molar-refractivity contribution is -0.148. The van der Waals surface area contributed by atoms with E-state index in [4.69, 9.17) is 4.74 Å². The molecule has 0 radical (unpaired) electrons. The molecule has 2 N–H and O–H groups in total. The number of esters is 1. The number of nitrogens with one attached hydrogen (secondary N) is 2. The van der Waals surface area contributed by atoms with E-state index in [-0.39, 0.29) is 12.1 Å². The molecule has 1 aliphatic carbocycles. The summed E-state index contributed by atoms with van der Waals surface area (Å²) in [6.45, 7) is 4.01. The van der Waals surface area contributed by atoms with Crippen LogP contribution in [0.4, 0.5) is 0 Å². The van der Waals surface area contributed by atoms with Crippen molar-refractivity contribution in [3.8, 4) is 0 Å². The van der Waals surface area contributed by atoms with Gasteiger partial charge in [0.1, 0.15) is 6.10 Å². The quantitative estimate of drug-likeness (QED) is 0.300. The van der Waals surface area contributed by atoms with Crippen LogP contribution in [0.2, 0.25) is 0 Å². The number of thiophene rings is 1. The van der Waals surface area contributed by atoms with Crippen LogP contribution in [0.15, 0.2) is 21.8 Å². The van der Waals surface area contributed by atoms with Crippen LogP contribution >= 0.6 is 11.3 Å². The van der Waals surface area contributed by atoms with E-state index in [2.05, 4.69) is 37.4 Å². The van der Waals surface area contributed by atoms with Gasteiger partial charge in [-0.1, -0.05) is 0 Å². The zero-order valence-electron chi connectivity index (χ0n) is 17.0. The predicted molar refractivity (Wildman–Crippen MR) is 115 cm³/mol. The van der Waals surface area contributed by atoms with E-state index in [1.165, 1.54) is 18.4 Å². The van der Waals surface area contributed by atoms with Crippen LogP contribution in [0.3, 0.4) is 0 Å². The first kappa shape index (κ1) is 21.1. The van der Waals surface area contributed by atoms with Gasteiger partial charge in [-0.25, -0.2) is 0 Å². The van der Waals surface area contributed by atoms with Gasteiger partial charge >= 0.3 is 5.97 Å².